The Bertz CT molecular complexity index is 1140. The number of nitrogens with one attached hydrogen (secondary N) is 1. The van der Waals surface area contributed by atoms with Crippen molar-refractivity contribution in [3.63, 3.8) is 0 Å². The highest BCUT2D eigenvalue weighted by molar-refractivity contribution is 5.86. The van der Waals surface area contributed by atoms with Gasteiger partial charge >= 0.3 is 5.82 Å². The molecule has 0 amide bonds. The summed E-state index contributed by atoms with van der Waals surface area (Å²) >= 11 is 0. The van der Waals surface area contributed by atoms with Crippen LogP contribution < -0.4 is 10.1 Å². The zero-order valence-electron chi connectivity index (χ0n) is 14.5. The molecule has 0 bridgehead atoms. The van der Waals surface area contributed by atoms with Crippen LogP contribution >= 0.6 is 0 Å². The Balaban J connectivity index is 1.67. The van der Waals surface area contributed by atoms with Gasteiger partial charge in [-0.3, -0.25) is 4.57 Å². The molecule has 0 spiro atoms. The molecule has 0 saturated carbocycles. The Morgan fingerprint density at radius 3 is 2.67 bits per heavy atom. The molecule has 0 aliphatic heterocycles. The van der Waals surface area contributed by atoms with Crippen molar-refractivity contribution in [1.82, 2.24) is 9.55 Å². The van der Waals surface area contributed by atoms with Gasteiger partial charge in [0.05, 0.1) is 12.6 Å². The van der Waals surface area contributed by atoms with Crippen molar-refractivity contribution in [3.05, 3.63) is 83.0 Å². The van der Waals surface area contributed by atoms with E-state index in [1.54, 1.807) is 19.2 Å². The minimum absolute atomic E-state index is 0.175. The van der Waals surface area contributed by atoms with Gasteiger partial charge in [-0.05, 0) is 52.4 Å². The Labute approximate surface area is 155 Å². The lowest BCUT2D eigenvalue weighted by atomic mass is 10.2. The third kappa shape index (κ3) is 3.30. The first-order chi connectivity index (χ1) is 13.1. The zero-order valence-corrected chi connectivity index (χ0v) is 14.5. The predicted molar refractivity (Wildman–Crippen MR) is 104 cm³/mol. The van der Waals surface area contributed by atoms with E-state index in [0.29, 0.717) is 5.82 Å². The first-order valence-electron chi connectivity index (χ1n) is 8.28. The summed E-state index contributed by atoms with van der Waals surface area (Å²) in [5, 5.41) is 15.3. The average molecular weight is 360 g/mol. The predicted octanol–water partition coefficient (Wildman–Crippen LogP) is 4.69. The van der Waals surface area contributed by atoms with Gasteiger partial charge in [-0.15, -0.1) is 0 Å². The van der Waals surface area contributed by atoms with Crippen molar-refractivity contribution < 1.29 is 9.66 Å². The number of anilines is 2. The maximum atomic E-state index is 11.0. The molecule has 0 fully saturated rings. The highest BCUT2D eigenvalue weighted by Crippen LogP contribution is 2.27. The molecule has 27 heavy (non-hydrogen) atoms. The third-order valence-electron chi connectivity index (χ3n) is 4.20. The fourth-order valence-corrected chi connectivity index (χ4v) is 2.94. The second kappa shape index (κ2) is 6.80. The summed E-state index contributed by atoms with van der Waals surface area (Å²) in [4.78, 5) is 14.6. The standard InChI is InChI=1S/C20H16N4O3/c1-27-17-5-2-4-15(13-17)21-16-8-9-18-14(12-16)10-11-23(18)19-6-3-7-20(22-19)24(25)26/h2-13,21H,1H3. The second-order valence-electron chi connectivity index (χ2n) is 5.93. The van der Waals surface area contributed by atoms with Crippen LogP contribution in [0.5, 0.6) is 5.75 Å². The Hall–Kier alpha value is -3.87. The van der Waals surface area contributed by atoms with Gasteiger partial charge in [0.25, 0.3) is 5.82 Å². The molecular formula is C20H16N4O3. The normalized spacial score (nSPS) is 10.7. The molecule has 2 aromatic carbocycles. The summed E-state index contributed by atoms with van der Waals surface area (Å²) in [5.74, 6) is 1.11. The van der Waals surface area contributed by atoms with Crippen LogP contribution in [0, 0.1) is 10.1 Å². The molecule has 0 aliphatic rings. The van der Waals surface area contributed by atoms with Crippen LogP contribution in [0.15, 0.2) is 72.9 Å². The monoisotopic (exact) mass is 360 g/mol. The molecule has 4 rings (SSSR count). The van der Waals surface area contributed by atoms with Gasteiger partial charge in [-0.1, -0.05) is 6.07 Å². The van der Waals surface area contributed by atoms with E-state index in [1.165, 1.54) is 6.07 Å². The number of benzene rings is 2. The molecule has 0 atom stereocenters. The van der Waals surface area contributed by atoms with Gasteiger partial charge in [0.15, 0.2) is 0 Å². The summed E-state index contributed by atoms with van der Waals surface area (Å²) in [6.07, 6.45) is 1.85. The lowest BCUT2D eigenvalue weighted by Gasteiger charge is -2.09. The molecule has 7 heteroatoms. The Morgan fingerprint density at radius 1 is 1.04 bits per heavy atom. The van der Waals surface area contributed by atoms with E-state index >= 15 is 0 Å². The lowest BCUT2D eigenvalue weighted by Crippen LogP contribution is -1.99. The number of pyridine rings is 1. The number of fused-ring (bicyclic) bond motifs is 1. The molecule has 1 N–H and O–H groups in total. The maximum Gasteiger partial charge on any atom is 0.365 e. The van der Waals surface area contributed by atoms with Crippen molar-refractivity contribution in [2.45, 2.75) is 0 Å². The molecular weight excluding hydrogens is 344 g/mol. The van der Waals surface area contributed by atoms with E-state index in [-0.39, 0.29) is 5.82 Å². The first-order valence-corrected chi connectivity index (χ1v) is 8.28. The van der Waals surface area contributed by atoms with E-state index in [4.69, 9.17) is 4.74 Å². The van der Waals surface area contributed by atoms with Crippen LogP contribution in [0.3, 0.4) is 0 Å². The largest absolute Gasteiger partial charge is 0.497 e. The second-order valence-corrected chi connectivity index (χ2v) is 5.93. The van der Waals surface area contributed by atoms with Crippen LogP contribution in [-0.2, 0) is 0 Å². The number of rotatable bonds is 5. The third-order valence-corrected chi connectivity index (χ3v) is 4.20. The van der Waals surface area contributed by atoms with Gasteiger partial charge in [-0.2, -0.15) is 0 Å². The molecule has 0 radical (unpaired) electrons. The molecule has 0 aliphatic carbocycles. The highest BCUT2D eigenvalue weighted by atomic mass is 16.6. The SMILES string of the molecule is COc1cccc(Nc2ccc3c(ccn3-c3cccc([N+](=O)[O-])n3)c2)c1. The van der Waals surface area contributed by atoms with Crippen LogP contribution in [0.25, 0.3) is 16.7 Å². The quantitative estimate of drug-likeness (QED) is 0.412. The van der Waals surface area contributed by atoms with Gasteiger partial charge in [0.1, 0.15) is 5.75 Å². The number of hydrogen-bond acceptors (Lipinski definition) is 5. The number of nitro groups is 1. The van der Waals surface area contributed by atoms with Gasteiger partial charge in [0, 0.05) is 41.2 Å². The van der Waals surface area contributed by atoms with Crippen molar-refractivity contribution >= 4 is 28.1 Å². The van der Waals surface area contributed by atoms with Crippen LogP contribution in [0.1, 0.15) is 0 Å². The summed E-state index contributed by atoms with van der Waals surface area (Å²) in [6.45, 7) is 0. The first kappa shape index (κ1) is 16.6. The van der Waals surface area contributed by atoms with Crippen molar-refractivity contribution in [3.8, 4) is 11.6 Å². The van der Waals surface area contributed by atoms with E-state index in [1.807, 2.05) is 59.3 Å². The minimum atomic E-state index is -0.495. The molecule has 134 valence electrons. The minimum Gasteiger partial charge on any atom is -0.497 e. The fraction of sp³-hybridized carbons (Fsp3) is 0.0500. The molecule has 2 heterocycles. The summed E-state index contributed by atoms with van der Waals surface area (Å²) in [5.41, 5.74) is 2.77. The molecule has 4 aromatic rings. The number of methoxy groups -OCH3 is 1. The zero-order chi connectivity index (χ0) is 18.8. The van der Waals surface area contributed by atoms with Crippen molar-refractivity contribution in [2.24, 2.45) is 0 Å². The Morgan fingerprint density at radius 2 is 1.85 bits per heavy atom. The molecule has 7 nitrogen and oxygen atoms in total. The average Bonchev–Trinajstić information content (AvgIpc) is 3.11. The van der Waals surface area contributed by atoms with E-state index in [9.17, 15) is 10.1 Å². The highest BCUT2D eigenvalue weighted by Gasteiger charge is 2.13. The van der Waals surface area contributed by atoms with Gasteiger partial charge in [-0.25, -0.2) is 0 Å². The number of ether oxygens (including phenoxy) is 1. The number of nitrogens with zero attached hydrogens (tertiary/aromatic N) is 3. The maximum absolute atomic E-state index is 11.0. The molecule has 2 aromatic heterocycles. The van der Waals surface area contributed by atoms with Crippen LogP contribution in [0.2, 0.25) is 0 Å². The topological polar surface area (TPSA) is 82.2 Å². The summed E-state index contributed by atoms with van der Waals surface area (Å²) in [6, 6.07) is 20.3. The molecule has 0 unspecified atom stereocenters. The van der Waals surface area contributed by atoms with Crippen LogP contribution in [0.4, 0.5) is 17.2 Å². The fourth-order valence-electron chi connectivity index (χ4n) is 2.94. The number of hydrogen-bond donors (Lipinski definition) is 1. The van der Waals surface area contributed by atoms with Gasteiger partial charge < -0.3 is 20.2 Å². The summed E-state index contributed by atoms with van der Waals surface area (Å²) < 4.78 is 7.07. The smallest absolute Gasteiger partial charge is 0.365 e. The van der Waals surface area contributed by atoms with Crippen molar-refractivity contribution in [2.75, 3.05) is 12.4 Å². The van der Waals surface area contributed by atoms with Gasteiger partial charge in [0.2, 0.25) is 0 Å². The van der Waals surface area contributed by atoms with E-state index in [0.717, 1.165) is 28.0 Å². The van der Waals surface area contributed by atoms with Crippen LogP contribution in [-0.4, -0.2) is 21.6 Å². The number of aromatic nitrogens is 2. The summed E-state index contributed by atoms with van der Waals surface area (Å²) in [7, 11) is 1.63. The lowest BCUT2D eigenvalue weighted by molar-refractivity contribution is -0.389. The van der Waals surface area contributed by atoms with E-state index in [2.05, 4.69) is 10.3 Å². The Kier molecular flexibility index (Phi) is 4.18. The van der Waals surface area contributed by atoms with E-state index < -0.39 is 4.92 Å². The van der Waals surface area contributed by atoms with Crippen molar-refractivity contribution in [1.29, 1.82) is 0 Å². The molecule has 0 saturated heterocycles.